The first-order valence-corrected chi connectivity index (χ1v) is 10.6. The van der Waals surface area contributed by atoms with Gasteiger partial charge in [0.25, 0.3) is 0 Å². The molecule has 2 aromatic heterocycles. The maximum absolute atomic E-state index is 11.8. The maximum atomic E-state index is 11.8. The number of H-pyrrole nitrogens is 1. The van der Waals surface area contributed by atoms with E-state index in [1.54, 1.807) is 13.3 Å². The number of ether oxygens (including phenoxy) is 1. The molecule has 1 fully saturated rings. The summed E-state index contributed by atoms with van der Waals surface area (Å²) in [7, 11) is -1.49. The second-order valence-electron chi connectivity index (χ2n) is 6.61. The van der Waals surface area contributed by atoms with E-state index in [-0.39, 0.29) is 0 Å². The minimum atomic E-state index is -3.15. The van der Waals surface area contributed by atoms with Crippen LogP contribution < -0.4 is 9.64 Å². The third kappa shape index (κ3) is 3.26. The van der Waals surface area contributed by atoms with Crippen molar-refractivity contribution in [3.8, 4) is 16.9 Å². The van der Waals surface area contributed by atoms with E-state index in [9.17, 15) is 8.42 Å². The third-order valence-electron chi connectivity index (χ3n) is 5.00. The Balaban J connectivity index is 1.76. The highest BCUT2D eigenvalue weighted by atomic mass is 32.2. The number of methoxy groups -OCH3 is 1. The number of nitrogens with one attached hydrogen (secondary N) is 1. The van der Waals surface area contributed by atoms with Crippen LogP contribution in [0.2, 0.25) is 0 Å². The molecule has 0 amide bonds. The van der Waals surface area contributed by atoms with Gasteiger partial charge in [-0.1, -0.05) is 18.2 Å². The number of aromatic amines is 1. The van der Waals surface area contributed by atoms with E-state index in [4.69, 9.17) is 4.74 Å². The van der Waals surface area contributed by atoms with Crippen LogP contribution in [0.4, 0.5) is 5.69 Å². The number of benzene rings is 1. The summed E-state index contributed by atoms with van der Waals surface area (Å²) >= 11 is 0. The molecule has 8 heteroatoms. The lowest BCUT2D eigenvalue weighted by atomic mass is 10.0. The van der Waals surface area contributed by atoms with Crippen LogP contribution in [-0.2, 0) is 10.0 Å². The monoisotopic (exact) mass is 386 g/mol. The van der Waals surface area contributed by atoms with Gasteiger partial charge in [0.2, 0.25) is 10.0 Å². The molecule has 0 aliphatic carbocycles. The first-order valence-electron chi connectivity index (χ1n) is 8.78. The van der Waals surface area contributed by atoms with Crippen molar-refractivity contribution in [3.63, 3.8) is 0 Å². The van der Waals surface area contributed by atoms with Crippen molar-refractivity contribution in [3.05, 3.63) is 42.7 Å². The highest BCUT2D eigenvalue weighted by Gasteiger charge is 2.25. The van der Waals surface area contributed by atoms with Gasteiger partial charge in [0, 0.05) is 49.7 Å². The number of hydrogen-bond acceptors (Lipinski definition) is 5. The molecule has 1 aliphatic heterocycles. The Bertz CT molecular complexity index is 1070. The summed E-state index contributed by atoms with van der Waals surface area (Å²) in [5, 5.41) is 1.02. The average Bonchev–Trinajstić information content (AvgIpc) is 3.11. The predicted molar refractivity (Wildman–Crippen MR) is 107 cm³/mol. The lowest BCUT2D eigenvalue weighted by Crippen LogP contribution is -2.48. The van der Waals surface area contributed by atoms with Crippen LogP contribution in [0.15, 0.2) is 42.7 Å². The minimum absolute atomic E-state index is 0.483. The van der Waals surface area contributed by atoms with Crippen LogP contribution in [0.25, 0.3) is 22.2 Å². The number of anilines is 1. The van der Waals surface area contributed by atoms with Gasteiger partial charge in [0.1, 0.15) is 11.4 Å². The molecular weight excluding hydrogens is 364 g/mol. The normalized spacial score (nSPS) is 16.0. The highest BCUT2D eigenvalue weighted by Crippen LogP contribution is 2.39. The first kappa shape index (κ1) is 17.8. The molecule has 0 atom stereocenters. The van der Waals surface area contributed by atoms with Crippen molar-refractivity contribution >= 4 is 26.7 Å². The molecule has 7 nitrogen and oxygen atoms in total. The lowest BCUT2D eigenvalue weighted by molar-refractivity contribution is 0.388. The Labute approximate surface area is 158 Å². The standard InChI is InChI=1S/C19H22N4O3S/c1-26-17-6-4-3-5-14(17)15-13-21-19-18(15)16(7-8-20-19)22-9-11-23(12-10-22)27(2,24)25/h3-8,13H,9-12H2,1-2H3,(H,20,21). The number of nitrogens with zero attached hydrogens (tertiary/aromatic N) is 3. The largest absolute Gasteiger partial charge is 0.496 e. The van der Waals surface area contributed by atoms with E-state index in [0.717, 1.165) is 33.6 Å². The summed E-state index contributed by atoms with van der Waals surface area (Å²) in [6.07, 6.45) is 4.99. The number of rotatable bonds is 4. The zero-order chi connectivity index (χ0) is 19.0. The van der Waals surface area contributed by atoms with Crippen molar-refractivity contribution < 1.29 is 13.2 Å². The quantitative estimate of drug-likeness (QED) is 0.745. The molecule has 1 N–H and O–H groups in total. The van der Waals surface area contributed by atoms with Crippen molar-refractivity contribution in [2.45, 2.75) is 0 Å². The van der Waals surface area contributed by atoms with Crippen LogP contribution in [0.1, 0.15) is 0 Å². The second kappa shape index (κ2) is 6.86. The van der Waals surface area contributed by atoms with E-state index < -0.39 is 10.0 Å². The fraction of sp³-hybridized carbons (Fsp3) is 0.316. The summed E-state index contributed by atoms with van der Waals surface area (Å²) in [6, 6.07) is 9.89. The molecule has 0 bridgehead atoms. The SMILES string of the molecule is COc1ccccc1-c1c[nH]c2nccc(N3CCN(S(C)(=O)=O)CC3)c12. The molecule has 1 aliphatic rings. The van der Waals surface area contributed by atoms with Gasteiger partial charge < -0.3 is 14.6 Å². The molecule has 1 saturated heterocycles. The Hall–Kier alpha value is -2.58. The number of para-hydroxylation sites is 1. The molecule has 3 aromatic rings. The number of fused-ring (bicyclic) bond motifs is 1. The van der Waals surface area contributed by atoms with Gasteiger partial charge >= 0.3 is 0 Å². The number of pyridine rings is 1. The van der Waals surface area contributed by atoms with Gasteiger partial charge in [-0.15, -0.1) is 0 Å². The van der Waals surface area contributed by atoms with Gasteiger partial charge in [-0.05, 0) is 12.1 Å². The summed E-state index contributed by atoms with van der Waals surface area (Å²) < 4.78 is 30.6. The van der Waals surface area contributed by atoms with Crippen LogP contribution >= 0.6 is 0 Å². The summed E-state index contributed by atoms with van der Waals surface area (Å²) in [5.74, 6) is 0.801. The third-order valence-corrected chi connectivity index (χ3v) is 6.30. The van der Waals surface area contributed by atoms with Gasteiger partial charge in [0.15, 0.2) is 0 Å². The molecule has 4 rings (SSSR count). The highest BCUT2D eigenvalue weighted by molar-refractivity contribution is 7.88. The molecule has 3 heterocycles. The van der Waals surface area contributed by atoms with Crippen LogP contribution in [0, 0.1) is 0 Å². The lowest BCUT2D eigenvalue weighted by Gasteiger charge is -2.35. The van der Waals surface area contributed by atoms with Crippen LogP contribution in [0.3, 0.4) is 0 Å². The summed E-state index contributed by atoms with van der Waals surface area (Å²) in [5.41, 5.74) is 3.88. The van der Waals surface area contributed by atoms with Gasteiger partial charge in [-0.25, -0.2) is 13.4 Å². The molecule has 0 spiro atoms. The van der Waals surface area contributed by atoms with Gasteiger partial charge in [-0.2, -0.15) is 4.31 Å². The van der Waals surface area contributed by atoms with E-state index in [0.29, 0.717) is 26.2 Å². The van der Waals surface area contributed by atoms with Crippen molar-refractivity contribution in [1.29, 1.82) is 0 Å². The zero-order valence-corrected chi connectivity index (χ0v) is 16.2. The Morgan fingerprint density at radius 1 is 1.07 bits per heavy atom. The molecular formula is C19H22N4O3S. The van der Waals surface area contributed by atoms with Crippen LogP contribution in [0.5, 0.6) is 5.75 Å². The van der Waals surface area contributed by atoms with Crippen molar-refractivity contribution in [1.82, 2.24) is 14.3 Å². The fourth-order valence-corrected chi connectivity index (χ4v) is 4.47. The Morgan fingerprint density at radius 2 is 1.81 bits per heavy atom. The number of sulfonamides is 1. The molecule has 142 valence electrons. The molecule has 1 aromatic carbocycles. The number of piperazine rings is 1. The van der Waals surface area contributed by atoms with Crippen LogP contribution in [-0.4, -0.2) is 62.2 Å². The molecule has 0 saturated carbocycles. The predicted octanol–water partition coefficient (Wildman–Crippen LogP) is 2.32. The minimum Gasteiger partial charge on any atom is -0.496 e. The Morgan fingerprint density at radius 3 is 2.52 bits per heavy atom. The smallest absolute Gasteiger partial charge is 0.211 e. The van der Waals surface area contributed by atoms with Gasteiger partial charge in [0.05, 0.1) is 24.4 Å². The number of aromatic nitrogens is 2. The van der Waals surface area contributed by atoms with Crippen molar-refractivity contribution in [2.24, 2.45) is 0 Å². The fourth-order valence-electron chi connectivity index (χ4n) is 3.64. The molecule has 0 radical (unpaired) electrons. The Kier molecular flexibility index (Phi) is 4.53. The molecule has 27 heavy (non-hydrogen) atoms. The number of hydrogen-bond donors (Lipinski definition) is 1. The topological polar surface area (TPSA) is 78.5 Å². The zero-order valence-electron chi connectivity index (χ0n) is 15.3. The van der Waals surface area contributed by atoms with Crippen molar-refractivity contribution in [2.75, 3.05) is 44.4 Å². The summed E-state index contributed by atoms with van der Waals surface area (Å²) in [4.78, 5) is 9.93. The molecule has 0 unspecified atom stereocenters. The van der Waals surface area contributed by atoms with E-state index >= 15 is 0 Å². The van der Waals surface area contributed by atoms with E-state index in [1.165, 1.54) is 10.6 Å². The summed E-state index contributed by atoms with van der Waals surface area (Å²) in [6.45, 7) is 2.25. The van der Waals surface area contributed by atoms with E-state index in [2.05, 4.69) is 14.9 Å². The first-order chi connectivity index (χ1) is 13.0. The van der Waals surface area contributed by atoms with Gasteiger partial charge in [-0.3, -0.25) is 0 Å². The second-order valence-corrected chi connectivity index (χ2v) is 8.59. The maximum Gasteiger partial charge on any atom is 0.211 e. The average molecular weight is 386 g/mol. The van der Waals surface area contributed by atoms with E-state index in [1.807, 2.05) is 36.5 Å².